The van der Waals surface area contributed by atoms with Gasteiger partial charge in [0.1, 0.15) is 0 Å². The van der Waals surface area contributed by atoms with Crippen LogP contribution in [0, 0.1) is 0 Å². The Morgan fingerprint density at radius 3 is 2.73 bits per heavy atom. The maximum Gasteiger partial charge on any atom is 0.337 e. The Bertz CT molecular complexity index is 1040. The third-order valence-electron chi connectivity index (χ3n) is 4.55. The molecule has 1 saturated heterocycles. The summed E-state index contributed by atoms with van der Waals surface area (Å²) in [6, 6.07) is 4.12. The van der Waals surface area contributed by atoms with E-state index in [2.05, 4.69) is 10.3 Å². The molecule has 1 N–H and O–H groups in total. The number of imide groups is 1. The van der Waals surface area contributed by atoms with Crippen LogP contribution in [0.15, 0.2) is 28.2 Å². The molecule has 0 saturated carbocycles. The number of nitrogens with zero attached hydrogens (tertiary/aromatic N) is 3. The van der Waals surface area contributed by atoms with Crippen molar-refractivity contribution in [3.05, 3.63) is 34.1 Å². The fraction of sp³-hybridized carbons (Fsp3) is 0.421. The molecule has 0 unspecified atom stereocenters. The lowest BCUT2D eigenvalue weighted by atomic mass is 10.1. The van der Waals surface area contributed by atoms with Gasteiger partial charge in [-0.2, -0.15) is 0 Å². The lowest BCUT2D eigenvalue weighted by molar-refractivity contribution is -0.124. The first kappa shape index (κ1) is 21.8. The Morgan fingerprint density at radius 1 is 1.27 bits per heavy atom. The summed E-state index contributed by atoms with van der Waals surface area (Å²) in [4.78, 5) is 54.6. The molecule has 3 amide bonds. The highest BCUT2D eigenvalue weighted by molar-refractivity contribution is 7.99. The first-order valence-electron chi connectivity index (χ1n) is 9.29. The lowest BCUT2D eigenvalue weighted by Crippen LogP contribution is -2.35. The third kappa shape index (κ3) is 4.62. The van der Waals surface area contributed by atoms with Gasteiger partial charge in [-0.1, -0.05) is 11.8 Å². The minimum Gasteiger partial charge on any atom is -0.465 e. The minimum atomic E-state index is -0.535. The summed E-state index contributed by atoms with van der Waals surface area (Å²) in [5.74, 6) is -0.949. The first-order valence-corrected chi connectivity index (χ1v) is 10.3. The van der Waals surface area contributed by atoms with Gasteiger partial charge < -0.3 is 14.8 Å². The van der Waals surface area contributed by atoms with Gasteiger partial charge in [0.2, 0.25) is 5.91 Å². The first-order chi connectivity index (χ1) is 14.5. The normalized spacial score (nSPS) is 13.5. The molecule has 0 bridgehead atoms. The van der Waals surface area contributed by atoms with Crippen molar-refractivity contribution in [3.63, 3.8) is 0 Å². The third-order valence-corrected chi connectivity index (χ3v) is 5.52. The molecule has 0 atom stereocenters. The molecular weight excluding hydrogens is 412 g/mol. The van der Waals surface area contributed by atoms with Crippen LogP contribution in [0.1, 0.15) is 16.8 Å². The number of urea groups is 1. The van der Waals surface area contributed by atoms with Gasteiger partial charge in [-0.05, 0) is 24.6 Å². The van der Waals surface area contributed by atoms with Gasteiger partial charge in [-0.25, -0.2) is 14.6 Å². The summed E-state index contributed by atoms with van der Waals surface area (Å²) in [6.45, 7) is 1.55. The second-order valence-corrected chi connectivity index (χ2v) is 7.43. The molecule has 0 aliphatic carbocycles. The molecule has 0 radical (unpaired) electrons. The summed E-state index contributed by atoms with van der Waals surface area (Å²) in [5.41, 5.74) is 0.330. The zero-order chi connectivity index (χ0) is 21.7. The Hall–Kier alpha value is -2.92. The van der Waals surface area contributed by atoms with Gasteiger partial charge in [0.05, 0.1) is 29.3 Å². The molecule has 160 valence electrons. The molecule has 2 aromatic rings. The Balaban J connectivity index is 1.94. The summed E-state index contributed by atoms with van der Waals surface area (Å²) >= 11 is 1.07. The number of amides is 3. The van der Waals surface area contributed by atoms with Crippen molar-refractivity contribution in [2.45, 2.75) is 18.1 Å². The van der Waals surface area contributed by atoms with Gasteiger partial charge in [0.15, 0.2) is 5.16 Å². The topological polar surface area (TPSA) is 120 Å². The van der Waals surface area contributed by atoms with Crippen LogP contribution in [-0.2, 0) is 20.8 Å². The van der Waals surface area contributed by atoms with Crippen LogP contribution < -0.4 is 10.9 Å². The molecule has 2 heterocycles. The van der Waals surface area contributed by atoms with E-state index in [0.717, 1.165) is 16.7 Å². The van der Waals surface area contributed by atoms with Crippen LogP contribution in [0.2, 0.25) is 0 Å². The van der Waals surface area contributed by atoms with Crippen molar-refractivity contribution >= 4 is 40.6 Å². The van der Waals surface area contributed by atoms with Gasteiger partial charge in [-0.3, -0.25) is 19.1 Å². The number of carbonyl (C=O) groups excluding carboxylic acids is 3. The number of hydrogen-bond acceptors (Lipinski definition) is 8. The second-order valence-electron chi connectivity index (χ2n) is 6.49. The number of aromatic nitrogens is 2. The SMILES string of the molecule is COCCCn1c(SCC(=O)N2CCNC2=O)nc2cc(C(=O)OC)ccc2c1=O. The van der Waals surface area contributed by atoms with E-state index < -0.39 is 12.0 Å². The second kappa shape index (κ2) is 9.72. The number of nitrogens with one attached hydrogen (secondary N) is 1. The van der Waals surface area contributed by atoms with E-state index in [1.54, 1.807) is 7.11 Å². The fourth-order valence-corrected chi connectivity index (χ4v) is 3.93. The highest BCUT2D eigenvalue weighted by atomic mass is 32.2. The van der Waals surface area contributed by atoms with E-state index in [-0.39, 0.29) is 22.8 Å². The smallest absolute Gasteiger partial charge is 0.337 e. The molecule has 0 spiro atoms. The fourth-order valence-electron chi connectivity index (χ4n) is 3.03. The summed E-state index contributed by atoms with van der Waals surface area (Å²) in [7, 11) is 2.85. The predicted octanol–water partition coefficient (Wildman–Crippen LogP) is 0.864. The van der Waals surface area contributed by atoms with Gasteiger partial charge in [0.25, 0.3) is 5.56 Å². The number of hydrogen-bond donors (Lipinski definition) is 1. The van der Waals surface area contributed by atoms with Crippen LogP contribution in [0.3, 0.4) is 0 Å². The lowest BCUT2D eigenvalue weighted by Gasteiger charge is -2.15. The predicted molar refractivity (Wildman–Crippen MR) is 110 cm³/mol. The van der Waals surface area contributed by atoms with Crippen molar-refractivity contribution in [1.82, 2.24) is 19.8 Å². The van der Waals surface area contributed by atoms with Gasteiger partial charge in [-0.15, -0.1) is 0 Å². The zero-order valence-corrected chi connectivity index (χ0v) is 17.5. The molecular formula is C19H22N4O6S. The number of thioether (sulfide) groups is 1. The van der Waals surface area contributed by atoms with E-state index in [1.165, 1.54) is 29.9 Å². The van der Waals surface area contributed by atoms with E-state index in [0.29, 0.717) is 48.7 Å². The molecule has 1 aromatic carbocycles. The standard InChI is InChI=1S/C19H22N4O6S/c1-28-9-3-7-23-16(25)13-5-4-12(17(26)29-2)10-14(13)21-19(23)30-11-15(24)22-8-6-20-18(22)27/h4-5,10H,3,6-9,11H2,1-2H3,(H,20,27). The van der Waals surface area contributed by atoms with Gasteiger partial charge >= 0.3 is 12.0 Å². The van der Waals surface area contributed by atoms with E-state index in [9.17, 15) is 19.2 Å². The highest BCUT2D eigenvalue weighted by Crippen LogP contribution is 2.20. The number of methoxy groups -OCH3 is 2. The summed E-state index contributed by atoms with van der Waals surface area (Å²) in [6.07, 6.45) is 0.583. The van der Waals surface area contributed by atoms with Crippen molar-refractivity contribution in [3.8, 4) is 0 Å². The highest BCUT2D eigenvalue weighted by Gasteiger charge is 2.26. The molecule has 1 aromatic heterocycles. The van der Waals surface area contributed by atoms with Crippen molar-refractivity contribution in [1.29, 1.82) is 0 Å². The van der Waals surface area contributed by atoms with Crippen molar-refractivity contribution in [2.24, 2.45) is 0 Å². The number of carbonyl (C=O) groups is 3. The molecule has 11 heteroatoms. The van der Waals surface area contributed by atoms with Crippen LogP contribution in [-0.4, -0.2) is 72.0 Å². The Morgan fingerprint density at radius 2 is 2.07 bits per heavy atom. The number of rotatable bonds is 8. The molecule has 1 aliphatic heterocycles. The number of fused-ring (bicyclic) bond motifs is 1. The molecule has 1 fully saturated rings. The summed E-state index contributed by atoms with van der Waals surface area (Å²) < 4.78 is 11.3. The molecule has 1 aliphatic rings. The van der Waals surface area contributed by atoms with E-state index in [4.69, 9.17) is 9.47 Å². The molecule has 3 rings (SSSR count). The monoisotopic (exact) mass is 434 g/mol. The minimum absolute atomic E-state index is 0.0493. The zero-order valence-electron chi connectivity index (χ0n) is 16.7. The Kier molecular flexibility index (Phi) is 7.06. The Labute approximate surface area is 176 Å². The number of esters is 1. The number of benzene rings is 1. The quantitative estimate of drug-likeness (QED) is 0.281. The maximum atomic E-state index is 13.0. The average Bonchev–Trinajstić information content (AvgIpc) is 3.18. The summed E-state index contributed by atoms with van der Waals surface area (Å²) in [5, 5.41) is 3.27. The number of ether oxygens (including phenoxy) is 2. The van der Waals surface area contributed by atoms with Crippen LogP contribution >= 0.6 is 11.8 Å². The molecule has 10 nitrogen and oxygen atoms in total. The van der Waals surface area contributed by atoms with Crippen LogP contribution in [0.4, 0.5) is 4.79 Å². The average molecular weight is 434 g/mol. The van der Waals surface area contributed by atoms with Gasteiger partial charge in [0, 0.05) is 33.4 Å². The van der Waals surface area contributed by atoms with Crippen LogP contribution in [0.5, 0.6) is 0 Å². The van der Waals surface area contributed by atoms with Crippen molar-refractivity contribution < 1.29 is 23.9 Å². The molecule has 30 heavy (non-hydrogen) atoms. The van der Waals surface area contributed by atoms with Crippen molar-refractivity contribution in [2.75, 3.05) is 39.7 Å². The van der Waals surface area contributed by atoms with E-state index >= 15 is 0 Å². The largest absolute Gasteiger partial charge is 0.465 e. The maximum absolute atomic E-state index is 13.0. The van der Waals surface area contributed by atoms with E-state index in [1.807, 2.05) is 0 Å². The van der Waals surface area contributed by atoms with Crippen LogP contribution in [0.25, 0.3) is 10.9 Å².